The van der Waals surface area contributed by atoms with Gasteiger partial charge in [0.1, 0.15) is 5.75 Å². The predicted molar refractivity (Wildman–Crippen MR) is 115 cm³/mol. The van der Waals surface area contributed by atoms with Gasteiger partial charge in [0.25, 0.3) is 0 Å². The lowest BCUT2D eigenvalue weighted by Gasteiger charge is -2.20. The molecule has 0 fully saturated rings. The lowest BCUT2D eigenvalue weighted by molar-refractivity contribution is 0.415. The van der Waals surface area contributed by atoms with E-state index in [0.717, 1.165) is 17.7 Å². The van der Waals surface area contributed by atoms with Crippen molar-refractivity contribution >= 4 is 15.6 Å². The molecule has 5 heteroatoms. The zero-order valence-electron chi connectivity index (χ0n) is 16.2. The molecule has 0 bridgehead atoms. The molecule has 0 spiro atoms. The van der Waals surface area contributed by atoms with Crippen molar-refractivity contribution < 1.29 is 13.2 Å². The quantitative estimate of drug-likeness (QED) is 0.669. The van der Waals surface area contributed by atoms with Gasteiger partial charge in [-0.15, -0.1) is 0 Å². The molecule has 0 amide bonds. The van der Waals surface area contributed by atoms with Crippen molar-refractivity contribution in [3.05, 3.63) is 102 Å². The van der Waals surface area contributed by atoms with Crippen LogP contribution in [0.15, 0.2) is 89.8 Å². The first kappa shape index (κ1) is 19.4. The number of allylic oxidation sites excluding steroid dienone is 2. The fourth-order valence-corrected chi connectivity index (χ4v) is 4.53. The molecular formula is C24H23NO3S. The SMILES string of the molecule is COc1ccc(C2=CC(c3ccc(S(N)(=O)=O)cc3)C(c3ccccc3)C2)cc1. The highest BCUT2D eigenvalue weighted by Crippen LogP contribution is 2.47. The van der Waals surface area contributed by atoms with Crippen LogP contribution in [0.1, 0.15) is 34.9 Å². The minimum Gasteiger partial charge on any atom is -0.497 e. The highest BCUT2D eigenvalue weighted by atomic mass is 32.2. The molecule has 29 heavy (non-hydrogen) atoms. The number of hydrogen-bond acceptors (Lipinski definition) is 3. The van der Waals surface area contributed by atoms with Crippen LogP contribution >= 0.6 is 0 Å². The Kier molecular flexibility index (Phi) is 5.26. The van der Waals surface area contributed by atoms with Gasteiger partial charge < -0.3 is 4.74 Å². The summed E-state index contributed by atoms with van der Waals surface area (Å²) in [5.41, 5.74) is 4.81. The van der Waals surface area contributed by atoms with E-state index in [9.17, 15) is 8.42 Å². The van der Waals surface area contributed by atoms with Crippen LogP contribution in [0.2, 0.25) is 0 Å². The molecule has 0 aliphatic heterocycles. The second kappa shape index (κ2) is 7.85. The summed E-state index contributed by atoms with van der Waals surface area (Å²) >= 11 is 0. The first-order chi connectivity index (χ1) is 14.0. The Labute approximate surface area is 171 Å². The smallest absolute Gasteiger partial charge is 0.238 e. The number of nitrogens with two attached hydrogens (primary N) is 1. The van der Waals surface area contributed by atoms with Gasteiger partial charge in [0.15, 0.2) is 0 Å². The van der Waals surface area contributed by atoms with Crippen molar-refractivity contribution in [1.82, 2.24) is 0 Å². The van der Waals surface area contributed by atoms with E-state index in [4.69, 9.17) is 9.88 Å². The normalized spacial score (nSPS) is 19.0. The second-order valence-corrected chi connectivity index (χ2v) is 8.84. The van der Waals surface area contributed by atoms with Gasteiger partial charge in [0.05, 0.1) is 12.0 Å². The number of primary sulfonamides is 1. The largest absolute Gasteiger partial charge is 0.497 e. The van der Waals surface area contributed by atoms with Gasteiger partial charge in [0, 0.05) is 5.92 Å². The van der Waals surface area contributed by atoms with Crippen LogP contribution in [0.25, 0.3) is 5.57 Å². The van der Waals surface area contributed by atoms with Crippen LogP contribution < -0.4 is 9.88 Å². The summed E-state index contributed by atoms with van der Waals surface area (Å²) in [5, 5.41) is 5.25. The van der Waals surface area contributed by atoms with E-state index < -0.39 is 10.0 Å². The minimum atomic E-state index is -3.70. The van der Waals surface area contributed by atoms with E-state index >= 15 is 0 Å². The maximum absolute atomic E-state index is 11.6. The number of hydrogen-bond donors (Lipinski definition) is 1. The average molecular weight is 406 g/mol. The zero-order valence-corrected chi connectivity index (χ0v) is 17.0. The molecule has 4 rings (SSSR count). The van der Waals surface area contributed by atoms with Crippen LogP contribution in [0, 0.1) is 0 Å². The van der Waals surface area contributed by atoms with E-state index in [0.29, 0.717) is 0 Å². The summed E-state index contributed by atoms with van der Waals surface area (Å²) in [6.07, 6.45) is 3.21. The van der Waals surface area contributed by atoms with Crippen molar-refractivity contribution in [1.29, 1.82) is 0 Å². The first-order valence-corrected chi connectivity index (χ1v) is 11.0. The standard InChI is InChI=1S/C24H23NO3S/c1-28-21-11-7-17(8-12-21)20-15-23(18-5-3-2-4-6-18)24(16-20)19-9-13-22(14-10-19)29(25,26)27/h2-14,16,23-24H,15H2,1H3,(H2,25,26,27). The van der Waals surface area contributed by atoms with E-state index in [2.05, 4.69) is 42.5 Å². The molecule has 2 unspecified atom stereocenters. The zero-order chi connectivity index (χ0) is 20.4. The first-order valence-electron chi connectivity index (χ1n) is 9.48. The molecule has 1 aliphatic carbocycles. The molecule has 0 saturated heterocycles. The Hall–Kier alpha value is -2.89. The highest BCUT2D eigenvalue weighted by Gasteiger charge is 2.30. The lowest BCUT2D eigenvalue weighted by Crippen LogP contribution is -2.12. The highest BCUT2D eigenvalue weighted by molar-refractivity contribution is 7.89. The third-order valence-corrected chi connectivity index (χ3v) is 6.47. The van der Waals surface area contributed by atoms with Crippen LogP contribution in [0.4, 0.5) is 0 Å². The summed E-state index contributed by atoms with van der Waals surface area (Å²) in [5.74, 6) is 1.28. The molecule has 2 N–H and O–H groups in total. The number of ether oxygens (including phenoxy) is 1. The van der Waals surface area contributed by atoms with Gasteiger partial charge in [0.2, 0.25) is 10.0 Å². The summed E-state index contributed by atoms with van der Waals surface area (Å²) in [6, 6.07) is 25.5. The molecule has 3 aromatic rings. The summed E-state index contributed by atoms with van der Waals surface area (Å²) in [4.78, 5) is 0.134. The summed E-state index contributed by atoms with van der Waals surface area (Å²) in [6.45, 7) is 0. The fraction of sp³-hybridized carbons (Fsp3) is 0.167. The van der Waals surface area contributed by atoms with Gasteiger partial charge in [-0.25, -0.2) is 13.6 Å². The van der Waals surface area contributed by atoms with Crippen molar-refractivity contribution in [3.63, 3.8) is 0 Å². The summed E-state index contributed by atoms with van der Waals surface area (Å²) < 4.78 is 28.5. The lowest BCUT2D eigenvalue weighted by atomic mass is 9.83. The van der Waals surface area contributed by atoms with E-state index in [-0.39, 0.29) is 16.7 Å². The molecule has 2 atom stereocenters. The fourth-order valence-electron chi connectivity index (χ4n) is 4.02. The van der Waals surface area contributed by atoms with Crippen molar-refractivity contribution in [2.75, 3.05) is 7.11 Å². The molecule has 0 saturated carbocycles. The number of rotatable bonds is 5. The number of methoxy groups -OCH3 is 1. The predicted octanol–water partition coefficient (Wildman–Crippen LogP) is 4.70. The minimum absolute atomic E-state index is 0.134. The topological polar surface area (TPSA) is 69.4 Å². The molecule has 148 valence electrons. The van der Waals surface area contributed by atoms with Crippen molar-refractivity contribution in [3.8, 4) is 5.75 Å². The van der Waals surface area contributed by atoms with Gasteiger partial charge in [-0.1, -0.05) is 60.7 Å². The maximum Gasteiger partial charge on any atom is 0.238 e. The van der Waals surface area contributed by atoms with Gasteiger partial charge >= 0.3 is 0 Å². The van der Waals surface area contributed by atoms with Crippen LogP contribution in [0.5, 0.6) is 5.75 Å². The van der Waals surface area contributed by atoms with Gasteiger partial charge in [-0.3, -0.25) is 0 Å². The van der Waals surface area contributed by atoms with Crippen molar-refractivity contribution in [2.24, 2.45) is 5.14 Å². The van der Waals surface area contributed by atoms with Gasteiger partial charge in [-0.2, -0.15) is 0 Å². The Morgan fingerprint density at radius 2 is 1.52 bits per heavy atom. The number of sulfonamides is 1. The Bertz CT molecular complexity index is 1120. The second-order valence-electron chi connectivity index (χ2n) is 7.28. The molecule has 1 aliphatic rings. The molecule has 0 aromatic heterocycles. The Morgan fingerprint density at radius 1 is 0.862 bits per heavy atom. The molecule has 3 aromatic carbocycles. The molecule has 4 nitrogen and oxygen atoms in total. The van der Waals surface area contributed by atoms with Gasteiger partial charge in [-0.05, 0) is 58.9 Å². The van der Waals surface area contributed by atoms with Crippen LogP contribution in [-0.2, 0) is 10.0 Å². The number of benzene rings is 3. The average Bonchev–Trinajstić information content (AvgIpc) is 3.19. The molecule has 0 heterocycles. The van der Waals surface area contributed by atoms with Crippen LogP contribution in [0.3, 0.4) is 0 Å². The third-order valence-electron chi connectivity index (χ3n) is 5.54. The summed E-state index contributed by atoms with van der Waals surface area (Å²) in [7, 11) is -2.03. The van der Waals surface area contributed by atoms with Crippen LogP contribution in [-0.4, -0.2) is 15.5 Å². The molecular weight excluding hydrogens is 382 g/mol. The van der Waals surface area contributed by atoms with E-state index in [1.54, 1.807) is 19.2 Å². The Balaban J connectivity index is 1.72. The maximum atomic E-state index is 11.6. The third kappa shape index (κ3) is 4.11. The van der Waals surface area contributed by atoms with E-state index in [1.165, 1.54) is 16.7 Å². The molecule has 0 radical (unpaired) electrons. The Morgan fingerprint density at radius 3 is 2.10 bits per heavy atom. The monoisotopic (exact) mass is 405 g/mol. The van der Waals surface area contributed by atoms with Crippen molar-refractivity contribution in [2.45, 2.75) is 23.2 Å². The van der Waals surface area contributed by atoms with E-state index in [1.807, 2.05) is 30.3 Å².